The molecule has 2 aliphatic heterocycles. The van der Waals surface area contributed by atoms with E-state index in [0.717, 1.165) is 0 Å². The Morgan fingerprint density at radius 3 is 0.838 bits per heavy atom. The molecule has 37 heavy (non-hydrogen) atoms. The second kappa shape index (κ2) is 5.97. The molecule has 172 valence electrons. The molecule has 2 aliphatic rings. The molecule has 0 amide bonds. The van der Waals surface area contributed by atoms with Crippen LogP contribution in [-0.2, 0) is 0 Å². The second-order valence-electron chi connectivity index (χ2n) is 10.3. The number of hydrogen-bond donors (Lipinski definition) is 0. The summed E-state index contributed by atoms with van der Waals surface area (Å²) in [5, 5.41) is 5.18. The van der Waals surface area contributed by atoms with Gasteiger partial charge >= 0.3 is 8.72 Å². The molecular formula is C32H20N4Si. The van der Waals surface area contributed by atoms with Gasteiger partial charge in [0.15, 0.2) is 0 Å². The van der Waals surface area contributed by atoms with Crippen molar-refractivity contribution in [2.24, 2.45) is 0 Å². The van der Waals surface area contributed by atoms with Crippen LogP contribution in [0.5, 0.6) is 0 Å². The number of rotatable bonds is 0. The molecule has 1 spiro atoms. The van der Waals surface area contributed by atoms with E-state index < -0.39 is 8.72 Å². The summed E-state index contributed by atoms with van der Waals surface area (Å²) < 4.78 is 10.8. The van der Waals surface area contributed by atoms with Crippen LogP contribution in [0.2, 0.25) is 0 Å². The van der Waals surface area contributed by atoms with E-state index in [0.29, 0.717) is 0 Å². The van der Waals surface area contributed by atoms with Gasteiger partial charge in [0.05, 0.1) is 22.8 Å². The number of aromatic nitrogens is 4. The molecule has 0 N–H and O–H groups in total. The van der Waals surface area contributed by atoms with Crippen LogP contribution in [0.25, 0.3) is 66.4 Å². The SMILES string of the molecule is c1ccc2c(c1)cc1n2[Si]2(n3c-1cc1ccccc13)n1c(cc3ccccc31)-c1cc3ccccc3n12. The molecule has 6 heterocycles. The fourth-order valence-corrected chi connectivity index (χ4v) is 12.6. The van der Waals surface area contributed by atoms with Gasteiger partial charge in [-0.25, -0.2) is 0 Å². The van der Waals surface area contributed by atoms with Crippen molar-refractivity contribution in [1.82, 2.24) is 16.9 Å². The van der Waals surface area contributed by atoms with Crippen LogP contribution in [0.3, 0.4) is 0 Å². The summed E-state index contributed by atoms with van der Waals surface area (Å²) in [5.74, 6) is 0. The van der Waals surface area contributed by atoms with Crippen molar-refractivity contribution in [1.29, 1.82) is 0 Å². The highest BCUT2D eigenvalue weighted by Gasteiger charge is 2.60. The predicted molar refractivity (Wildman–Crippen MR) is 153 cm³/mol. The molecule has 0 radical (unpaired) electrons. The summed E-state index contributed by atoms with van der Waals surface area (Å²) >= 11 is 0. The lowest BCUT2D eigenvalue weighted by Gasteiger charge is -2.32. The predicted octanol–water partition coefficient (Wildman–Crippen LogP) is 7.39. The molecule has 4 nitrogen and oxygen atoms in total. The highest BCUT2D eigenvalue weighted by molar-refractivity contribution is 6.81. The zero-order chi connectivity index (χ0) is 23.9. The number of fused-ring (bicyclic) bond motifs is 18. The van der Waals surface area contributed by atoms with Gasteiger partial charge in [-0.15, -0.1) is 0 Å². The first-order valence-corrected chi connectivity index (χ1v) is 14.6. The van der Waals surface area contributed by atoms with Crippen molar-refractivity contribution in [2.45, 2.75) is 0 Å². The molecular weight excluding hydrogens is 468 g/mol. The second-order valence-corrected chi connectivity index (χ2v) is 13.3. The minimum absolute atomic E-state index is 1.30. The molecule has 0 bridgehead atoms. The van der Waals surface area contributed by atoms with Crippen LogP contribution in [0, 0.1) is 0 Å². The molecule has 10 rings (SSSR count). The molecule has 4 aromatic heterocycles. The summed E-state index contributed by atoms with van der Waals surface area (Å²) in [7, 11) is -2.93. The number of para-hydroxylation sites is 4. The Morgan fingerprint density at radius 2 is 0.568 bits per heavy atom. The van der Waals surface area contributed by atoms with Gasteiger partial charge in [-0.1, -0.05) is 72.8 Å². The normalized spacial score (nSPS) is 14.7. The Hall–Kier alpha value is -4.74. The fourth-order valence-electron chi connectivity index (χ4n) is 7.27. The lowest BCUT2D eigenvalue weighted by Crippen LogP contribution is -2.59. The van der Waals surface area contributed by atoms with Crippen LogP contribution in [-0.4, -0.2) is 25.7 Å². The average molecular weight is 489 g/mol. The fraction of sp³-hybridized carbons (Fsp3) is 0. The topological polar surface area (TPSA) is 19.7 Å². The molecule has 0 fully saturated rings. The molecule has 0 aliphatic carbocycles. The van der Waals surface area contributed by atoms with Crippen LogP contribution < -0.4 is 0 Å². The third-order valence-corrected chi connectivity index (χ3v) is 12.9. The minimum atomic E-state index is -2.93. The van der Waals surface area contributed by atoms with Gasteiger partial charge in [0, 0.05) is 22.1 Å². The molecule has 0 saturated carbocycles. The van der Waals surface area contributed by atoms with Gasteiger partial charge in [-0.2, -0.15) is 0 Å². The zero-order valence-electron chi connectivity index (χ0n) is 19.8. The lowest BCUT2D eigenvalue weighted by atomic mass is 10.2. The first kappa shape index (κ1) is 18.5. The van der Waals surface area contributed by atoms with E-state index in [1.165, 1.54) is 66.4 Å². The van der Waals surface area contributed by atoms with Crippen molar-refractivity contribution in [2.75, 3.05) is 0 Å². The van der Waals surface area contributed by atoms with E-state index in [9.17, 15) is 0 Å². The Morgan fingerprint density at radius 1 is 0.324 bits per heavy atom. The van der Waals surface area contributed by atoms with Gasteiger partial charge < -0.3 is 16.9 Å². The first-order valence-electron chi connectivity index (χ1n) is 12.8. The van der Waals surface area contributed by atoms with E-state index in [4.69, 9.17) is 0 Å². The van der Waals surface area contributed by atoms with E-state index in [-0.39, 0.29) is 0 Å². The number of benzene rings is 4. The maximum atomic E-state index is 2.71. The summed E-state index contributed by atoms with van der Waals surface area (Å²) in [6.07, 6.45) is 0. The van der Waals surface area contributed by atoms with E-state index >= 15 is 0 Å². The standard InChI is InChI=1S/C32H20N4Si/c1-5-13-25-21(9-1)17-29-30-18-22-10-2-6-14-26(22)34(30)37(33(25)29)35-27-15-7-3-11-23(27)19-31(35)32-20-24-12-4-8-16-28(24)36(32)37/h1-20H. The smallest absolute Gasteiger partial charge is 0.313 e. The van der Waals surface area contributed by atoms with Crippen LogP contribution in [0.15, 0.2) is 121 Å². The van der Waals surface area contributed by atoms with Gasteiger partial charge in [-0.05, 0) is 70.1 Å². The Kier molecular flexibility index (Phi) is 2.99. The van der Waals surface area contributed by atoms with Crippen molar-refractivity contribution in [3.05, 3.63) is 121 Å². The number of hydrogen-bond acceptors (Lipinski definition) is 0. The summed E-state index contributed by atoms with van der Waals surface area (Å²) in [5.41, 5.74) is 10.4. The van der Waals surface area contributed by atoms with Gasteiger partial charge in [0.2, 0.25) is 0 Å². The van der Waals surface area contributed by atoms with Gasteiger partial charge in [-0.3, -0.25) is 0 Å². The molecule has 0 atom stereocenters. The maximum Gasteiger partial charge on any atom is 0.522 e. The quantitative estimate of drug-likeness (QED) is 0.198. The molecule has 0 unspecified atom stereocenters. The van der Waals surface area contributed by atoms with Crippen molar-refractivity contribution in [3.63, 3.8) is 0 Å². The summed E-state index contributed by atoms with van der Waals surface area (Å²) in [6.45, 7) is 0. The largest absolute Gasteiger partial charge is 0.522 e. The molecule has 5 heteroatoms. The Balaban J connectivity index is 1.56. The third-order valence-electron chi connectivity index (χ3n) is 8.57. The van der Waals surface area contributed by atoms with E-state index in [2.05, 4.69) is 138 Å². The summed E-state index contributed by atoms with van der Waals surface area (Å²) in [6, 6.07) is 45.2. The van der Waals surface area contributed by atoms with Crippen LogP contribution in [0.4, 0.5) is 0 Å². The number of nitrogens with zero attached hydrogens (tertiary/aromatic N) is 4. The van der Waals surface area contributed by atoms with Gasteiger partial charge in [0.25, 0.3) is 0 Å². The third kappa shape index (κ3) is 1.88. The first-order chi connectivity index (χ1) is 18.4. The molecule has 0 saturated heterocycles. The average Bonchev–Trinajstić information content (AvgIpc) is 3.74. The monoisotopic (exact) mass is 488 g/mol. The zero-order valence-corrected chi connectivity index (χ0v) is 20.8. The van der Waals surface area contributed by atoms with Crippen molar-refractivity contribution in [3.8, 4) is 22.8 Å². The van der Waals surface area contributed by atoms with E-state index in [1.54, 1.807) is 0 Å². The van der Waals surface area contributed by atoms with Crippen LogP contribution in [0.1, 0.15) is 0 Å². The minimum Gasteiger partial charge on any atom is -0.313 e. The van der Waals surface area contributed by atoms with Crippen molar-refractivity contribution < 1.29 is 0 Å². The molecule has 4 aromatic carbocycles. The lowest BCUT2D eigenvalue weighted by molar-refractivity contribution is 0.960. The van der Waals surface area contributed by atoms with Crippen molar-refractivity contribution >= 4 is 52.3 Å². The highest BCUT2D eigenvalue weighted by Crippen LogP contribution is 2.51. The van der Waals surface area contributed by atoms with E-state index in [1.807, 2.05) is 0 Å². The maximum absolute atomic E-state index is 2.93. The highest BCUT2D eigenvalue weighted by atomic mass is 28.4. The Labute approximate surface area is 213 Å². The van der Waals surface area contributed by atoms with Crippen LogP contribution >= 0.6 is 0 Å². The molecule has 8 aromatic rings. The Bertz CT molecular complexity index is 1950. The summed E-state index contributed by atoms with van der Waals surface area (Å²) in [4.78, 5) is 0. The van der Waals surface area contributed by atoms with Gasteiger partial charge in [0.1, 0.15) is 0 Å².